The number of tetrazole rings is 1. The SMILES string of the molecule is CCNCCNC(=O)c1ccc(-n2cnnn2)cc1. The molecule has 0 bridgehead atoms. The van der Waals surface area contributed by atoms with Crippen LogP contribution in [0.5, 0.6) is 0 Å². The molecule has 0 radical (unpaired) electrons. The van der Waals surface area contributed by atoms with E-state index in [1.54, 1.807) is 24.3 Å². The summed E-state index contributed by atoms with van der Waals surface area (Å²) in [5, 5.41) is 16.9. The van der Waals surface area contributed by atoms with Crippen molar-refractivity contribution in [2.75, 3.05) is 19.6 Å². The summed E-state index contributed by atoms with van der Waals surface area (Å²) >= 11 is 0. The largest absolute Gasteiger partial charge is 0.351 e. The summed E-state index contributed by atoms with van der Waals surface area (Å²) in [6, 6.07) is 7.10. The molecule has 0 aliphatic rings. The summed E-state index contributed by atoms with van der Waals surface area (Å²) in [6.07, 6.45) is 1.51. The van der Waals surface area contributed by atoms with Gasteiger partial charge < -0.3 is 10.6 Å². The molecular formula is C12H16N6O. The molecule has 0 aliphatic carbocycles. The molecule has 0 fully saturated rings. The van der Waals surface area contributed by atoms with E-state index in [2.05, 4.69) is 26.2 Å². The van der Waals surface area contributed by atoms with Gasteiger partial charge in [0.15, 0.2) is 0 Å². The van der Waals surface area contributed by atoms with Crippen molar-refractivity contribution in [3.63, 3.8) is 0 Å². The number of carbonyl (C=O) groups excluding carboxylic acids is 1. The number of carbonyl (C=O) groups is 1. The summed E-state index contributed by atoms with van der Waals surface area (Å²) in [5.74, 6) is -0.0823. The first kappa shape index (κ1) is 13.2. The standard InChI is InChI=1S/C12H16N6O/c1-2-13-7-8-14-12(19)10-3-5-11(6-4-10)18-9-15-16-17-18/h3-6,9,13H,2,7-8H2,1H3,(H,14,19). The molecule has 0 saturated carbocycles. The van der Waals surface area contributed by atoms with Crippen molar-refractivity contribution in [1.29, 1.82) is 0 Å². The number of rotatable bonds is 6. The normalized spacial score (nSPS) is 10.4. The van der Waals surface area contributed by atoms with Crippen LogP contribution in [-0.2, 0) is 0 Å². The number of hydrogen-bond donors (Lipinski definition) is 2. The maximum absolute atomic E-state index is 11.8. The van der Waals surface area contributed by atoms with Crippen molar-refractivity contribution in [2.45, 2.75) is 6.92 Å². The predicted molar refractivity (Wildman–Crippen MR) is 70.0 cm³/mol. The molecule has 2 rings (SSSR count). The number of amides is 1. The van der Waals surface area contributed by atoms with Gasteiger partial charge in [-0.25, -0.2) is 4.68 Å². The lowest BCUT2D eigenvalue weighted by Crippen LogP contribution is -2.31. The molecule has 19 heavy (non-hydrogen) atoms. The van der Waals surface area contributed by atoms with E-state index in [1.807, 2.05) is 6.92 Å². The lowest BCUT2D eigenvalue weighted by Gasteiger charge is -2.06. The summed E-state index contributed by atoms with van der Waals surface area (Å²) in [6.45, 7) is 4.31. The fourth-order valence-electron chi connectivity index (χ4n) is 1.59. The number of nitrogens with zero attached hydrogens (tertiary/aromatic N) is 4. The van der Waals surface area contributed by atoms with Crippen LogP contribution in [-0.4, -0.2) is 45.7 Å². The second-order valence-electron chi connectivity index (χ2n) is 3.91. The average molecular weight is 260 g/mol. The first-order valence-corrected chi connectivity index (χ1v) is 6.13. The molecule has 0 aliphatic heterocycles. The number of nitrogens with one attached hydrogen (secondary N) is 2. The van der Waals surface area contributed by atoms with Crippen LogP contribution in [0.2, 0.25) is 0 Å². The second-order valence-corrected chi connectivity index (χ2v) is 3.91. The topological polar surface area (TPSA) is 84.7 Å². The van der Waals surface area contributed by atoms with E-state index in [-0.39, 0.29) is 5.91 Å². The van der Waals surface area contributed by atoms with Crippen LogP contribution in [0.1, 0.15) is 17.3 Å². The monoisotopic (exact) mass is 260 g/mol. The smallest absolute Gasteiger partial charge is 0.251 e. The van der Waals surface area contributed by atoms with E-state index in [0.717, 1.165) is 18.8 Å². The van der Waals surface area contributed by atoms with Crippen molar-refractivity contribution < 1.29 is 4.79 Å². The fraction of sp³-hybridized carbons (Fsp3) is 0.333. The Bertz CT molecular complexity index is 508. The maximum Gasteiger partial charge on any atom is 0.251 e. The zero-order valence-corrected chi connectivity index (χ0v) is 10.7. The van der Waals surface area contributed by atoms with Gasteiger partial charge in [-0.15, -0.1) is 5.10 Å². The van der Waals surface area contributed by atoms with Gasteiger partial charge in [-0.3, -0.25) is 4.79 Å². The van der Waals surface area contributed by atoms with Gasteiger partial charge in [-0.05, 0) is 41.2 Å². The Morgan fingerprint density at radius 2 is 2.05 bits per heavy atom. The lowest BCUT2D eigenvalue weighted by atomic mass is 10.2. The van der Waals surface area contributed by atoms with Crippen LogP contribution in [0.3, 0.4) is 0 Å². The van der Waals surface area contributed by atoms with Gasteiger partial charge in [-0.2, -0.15) is 0 Å². The molecular weight excluding hydrogens is 244 g/mol. The fourth-order valence-corrected chi connectivity index (χ4v) is 1.59. The number of likely N-dealkylation sites (N-methyl/N-ethyl adjacent to an activating group) is 1. The van der Waals surface area contributed by atoms with E-state index in [1.165, 1.54) is 11.0 Å². The van der Waals surface area contributed by atoms with E-state index < -0.39 is 0 Å². The van der Waals surface area contributed by atoms with Crippen LogP contribution in [0.25, 0.3) is 5.69 Å². The molecule has 1 heterocycles. The minimum absolute atomic E-state index is 0.0823. The third-order valence-corrected chi connectivity index (χ3v) is 2.58. The average Bonchev–Trinajstić information content (AvgIpc) is 2.98. The highest BCUT2D eigenvalue weighted by Crippen LogP contribution is 2.07. The molecule has 7 nitrogen and oxygen atoms in total. The highest BCUT2D eigenvalue weighted by Gasteiger charge is 2.05. The van der Waals surface area contributed by atoms with Crippen LogP contribution < -0.4 is 10.6 Å². The van der Waals surface area contributed by atoms with Crippen LogP contribution in [0.4, 0.5) is 0 Å². The van der Waals surface area contributed by atoms with E-state index in [0.29, 0.717) is 12.1 Å². The third kappa shape index (κ3) is 3.59. The lowest BCUT2D eigenvalue weighted by molar-refractivity contribution is 0.0954. The van der Waals surface area contributed by atoms with Crippen LogP contribution >= 0.6 is 0 Å². The van der Waals surface area contributed by atoms with Gasteiger partial charge in [0.2, 0.25) is 0 Å². The third-order valence-electron chi connectivity index (χ3n) is 2.58. The summed E-state index contributed by atoms with van der Waals surface area (Å²) in [4.78, 5) is 11.8. The van der Waals surface area contributed by atoms with Crippen molar-refractivity contribution in [1.82, 2.24) is 30.8 Å². The van der Waals surface area contributed by atoms with Gasteiger partial charge in [0.05, 0.1) is 5.69 Å². The molecule has 1 aromatic heterocycles. The molecule has 0 spiro atoms. The molecule has 2 N–H and O–H groups in total. The van der Waals surface area contributed by atoms with Crippen LogP contribution in [0, 0.1) is 0 Å². The Labute approximate surface area is 111 Å². The quantitative estimate of drug-likeness (QED) is 0.714. The van der Waals surface area contributed by atoms with E-state index >= 15 is 0 Å². The minimum atomic E-state index is -0.0823. The first-order valence-electron chi connectivity index (χ1n) is 6.13. The van der Waals surface area contributed by atoms with Gasteiger partial charge in [0.1, 0.15) is 6.33 Å². The van der Waals surface area contributed by atoms with Crippen LogP contribution in [0.15, 0.2) is 30.6 Å². The number of benzene rings is 1. The molecule has 100 valence electrons. The summed E-state index contributed by atoms with van der Waals surface area (Å²) in [5.41, 5.74) is 1.43. The highest BCUT2D eigenvalue weighted by molar-refractivity contribution is 5.94. The van der Waals surface area contributed by atoms with Crippen molar-refractivity contribution in [3.8, 4) is 5.69 Å². The Morgan fingerprint density at radius 3 is 2.68 bits per heavy atom. The molecule has 2 aromatic rings. The zero-order valence-electron chi connectivity index (χ0n) is 10.7. The van der Waals surface area contributed by atoms with Gasteiger partial charge in [0.25, 0.3) is 5.91 Å². The molecule has 7 heteroatoms. The van der Waals surface area contributed by atoms with Crippen molar-refractivity contribution >= 4 is 5.91 Å². The highest BCUT2D eigenvalue weighted by atomic mass is 16.1. The number of aromatic nitrogens is 4. The molecule has 1 aromatic carbocycles. The minimum Gasteiger partial charge on any atom is -0.351 e. The molecule has 0 unspecified atom stereocenters. The van der Waals surface area contributed by atoms with Crippen molar-refractivity contribution in [2.24, 2.45) is 0 Å². The Kier molecular flexibility index (Phi) is 4.57. The summed E-state index contributed by atoms with van der Waals surface area (Å²) < 4.78 is 1.53. The Morgan fingerprint density at radius 1 is 1.26 bits per heavy atom. The van der Waals surface area contributed by atoms with E-state index in [9.17, 15) is 4.79 Å². The predicted octanol–water partition coefficient (Wildman–Crippen LogP) is 0.00160. The van der Waals surface area contributed by atoms with Crippen molar-refractivity contribution in [3.05, 3.63) is 36.2 Å². The summed E-state index contributed by atoms with van der Waals surface area (Å²) in [7, 11) is 0. The van der Waals surface area contributed by atoms with Gasteiger partial charge in [-0.1, -0.05) is 6.92 Å². The molecule has 0 atom stereocenters. The van der Waals surface area contributed by atoms with E-state index in [4.69, 9.17) is 0 Å². The second kappa shape index (κ2) is 6.60. The molecule has 1 amide bonds. The number of hydrogen-bond acceptors (Lipinski definition) is 5. The Hall–Kier alpha value is -2.28. The maximum atomic E-state index is 11.8. The zero-order chi connectivity index (χ0) is 13.5. The molecule has 0 saturated heterocycles. The first-order chi connectivity index (χ1) is 9.31. The Balaban J connectivity index is 1.93. The van der Waals surface area contributed by atoms with Gasteiger partial charge in [0, 0.05) is 18.7 Å². The van der Waals surface area contributed by atoms with Gasteiger partial charge >= 0.3 is 0 Å².